The van der Waals surface area contributed by atoms with E-state index in [1.165, 1.54) is 25.5 Å². The maximum atomic E-state index is 12.7. The zero-order valence-electron chi connectivity index (χ0n) is 12.6. The van der Waals surface area contributed by atoms with Crippen LogP contribution in [0.5, 0.6) is 6.08 Å². The van der Waals surface area contributed by atoms with Crippen molar-refractivity contribution in [2.24, 2.45) is 0 Å². The van der Waals surface area contributed by atoms with Crippen molar-refractivity contribution in [2.75, 3.05) is 6.61 Å². The van der Waals surface area contributed by atoms with Crippen molar-refractivity contribution in [1.82, 2.24) is 9.88 Å². The molecule has 1 amide bonds. The van der Waals surface area contributed by atoms with Gasteiger partial charge in [-0.2, -0.15) is 4.98 Å². The number of hydrogen-bond acceptors (Lipinski definition) is 4. The van der Waals surface area contributed by atoms with Gasteiger partial charge in [-0.05, 0) is 33.6 Å². The van der Waals surface area contributed by atoms with Crippen LogP contribution in [0.15, 0.2) is 10.7 Å². The first kappa shape index (κ1) is 14.9. The SMILES string of the molecule is CCOc1nc(C(=O)N(C(C)C)C2CCCCC2)co1. The van der Waals surface area contributed by atoms with Crippen LogP contribution < -0.4 is 4.74 Å². The van der Waals surface area contributed by atoms with Gasteiger partial charge in [0.15, 0.2) is 5.69 Å². The van der Waals surface area contributed by atoms with E-state index in [0.29, 0.717) is 18.3 Å². The van der Waals surface area contributed by atoms with Crippen molar-refractivity contribution >= 4 is 5.91 Å². The molecule has 1 aliphatic rings. The second-order valence-electron chi connectivity index (χ2n) is 5.53. The maximum Gasteiger partial charge on any atom is 0.394 e. The standard InChI is InChI=1S/C15H24N2O3/c1-4-19-15-16-13(10-20-15)14(18)17(11(2)3)12-8-6-5-7-9-12/h10-12H,4-9H2,1-3H3. The molecule has 1 aromatic heterocycles. The number of rotatable bonds is 5. The molecule has 1 fully saturated rings. The van der Waals surface area contributed by atoms with E-state index in [9.17, 15) is 4.79 Å². The minimum absolute atomic E-state index is 0.0541. The molecular formula is C15H24N2O3. The van der Waals surface area contributed by atoms with Gasteiger partial charge in [0.1, 0.15) is 6.26 Å². The van der Waals surface area contributed by atoms with Gasteiger partial charge in [-0.25, -0.2) is 0 Å². The molecule has 1 heterocycles. The quantitative estimate of drug-likeness (QED) is 0.830. The number of ether oxygens (including phenoxy) is 1. The Labute approximate surface area is 120 Å². The van der Waals surface area contributed by atoms with E-state index in [2.05, 4.69) is 18.8 Å². The molecule has 5 heteroatoms. The summed E-state index contributed by atoms with van der Waals surface area (Å²) in [5.74, 6) is -0.0541. The highest BCUT2D eigenvalue weighted by atomic mass is 16.6. The van der Waals surface area contributed by atoms with Crippen molar-refractivity contribution in [1.29, 1.82) is 0 Å². The number of amides is 1. The molecule has 1 aromatic rings. The Kier molecular flexibility index (Phi) is 5.04. The summed E-state index contributed by atoms with van der Waals surface area (Å²) >= 11 is 0. The van der Waals surface area contributed by atoms with Gasteiger partial charge >= 0.3 is 6.08 Å². The summed E-state index contributed by atoms with van der Waals surface area (Å²) in [5.41, 5.74) is 0.340. The summed E-state index contributed by atoms with van der Waals surface area (Å²) in [6, 6.07) is 0.487. The van der Waals surface area contributed by atoms with Gasteiger partial charge in [0.05, 0.1) is 6.61 Å². The second-order valence-corrected chi connectivity index (χ2v) is 5.53. The molecule has 0 spiro atoms. The fourth-order valence-electron chi connectivity index (χ4n) is 2.86. The monoisotopic (exact) mass is 280 g/mol. The van der Waals surface area contributed by atoms with E-state index in [-0.39, 0.29) is 18.0 Å². The highest BCUT2D eigenvalue weighted by molar-refractivity contribution is 5.92. The van der Waals surface area contributed by atoms with Crippen LogP contribution in [0.2, 0.25) is 0 Å². The van der Waals surface area contributed by atoms with Gasteiger partial charge in [-0.3, -0.25) is 4.79 Å². The number of carbonyl (C=O) groups excluding carboxylic acids is 1. The number of nitrogens with zero attached hydrogens (tertiary/aromatic N) is 2. The number of hydrogen-bond donors (Lipinski definition) is 0. The first-order chi connectivity index (χ1) is 9.63. The van der Waals surface area contributed by atoms with Crippen molar-refractivity contribution in [2.45, 2.75) is 65.0 Å². The van der Waals surface area contributed by atoms with E-state index in [0.717, 1.165) is 12.8 Å². The smallest absolute Gasteiger partial charge is 0.394 e. The molecule has 1 saturated carbocycles. The van der Waals surface area contributed by atoms with Crippen LogP contribution in [-0.4, -0.2) is 34.5 Å². The number of oxazole rings is 1. The lowest BCUT2D eigenvalue weighted by molar-refractivity contribution is 0.0549. The lowest BCUT2D eigenvalue weighted by Crippen LogP contribution is -2.45. The van der Waals surface area contributed by atoms with Crippen LogP contribution >= 0.6 is 0 Å². The molecule has 20 heavy (non-hydrogen) atoms. The van der Waals surface area contributed by atoms with Gasteiger partial charge in [0.2, 0.25) is 0 Å². The Hall–Kier alpha value is -1.52. The zero-order valence-corrected chi connectivity index (χ0v) is 12.6. The predicted octanol–water partition coefficient (Wildman–Crippen LogP) is 3.26. The van der Waals surface area contributed by atoms with Crippen LogP contribution in [0.25, 0.3) is 0 Å². The van der Waals surface area contributed by atoms with Gasteiger partial charge in [-0.15, -0.1) is 0 Å². The fourth-order valence-corrected chi connectivity index (χ4v) is 2.86. The fraction of sp³-hybridized carbons (Fsp3) is 0.733. The molecule has 0 saturated heterocycles. The Morgan fingerprint density at radius 1 is 1.45 bits per heavy atom. The Morgan fingerprint density at radius 3 is 2.75 bits per heavy atom. The van der Waals surface area contributed by atoms with Crippen molar-refractivity contribution in [3.05, 3.63) is 12.0 Å². The lowest BCUT2D eigenvalue weighted by atomic mass is 9.93. The maximum absolute atomic E-state index is 12.7. The van der Waals surface area contributed by atoms with Crippen molar-refractivity contribution in [3.8, 4) is 6.08 Å². The lowest BCUT2D eigenvalue weighted by Gasteiger charge is -2.36. The Morgan fingerprint density at radius 2 is 2.15 bits per heavy atom. The normalized spacial score (nSPS) is 16.4. The highest BCUT2D eigenvalue weighted by Crippen LogP contribution is 2.26. The van der Waals surface area contributed by atoms with Crippen LogP contribution in [0, 0.1) is 0 Å². The molecule has 0 aromatic carbocycles. The predicted molar refractivity (Wildman–Crippen MR) is 75.9 cm³/mol. The third-order valence-corrected chi connectivity index (χ3v) is 3.73. The summed E-state index contributed by atoms with van der Waals surface area (Å²) in [5, 5.41) is 0. The number of aromatic nitrogens is 1. The van der Waals surface area contributed by atoms with E-state index in [1.807, 2.05) is 11.8 Å². The minimum atomic E-state index is -0.0541. The van der Waals surface area contributed by atoms with Gasteiger partial charge < -0.3 is 14.1 Å². The molecule has 0 radical (unpaired) electrons. The Bertz CT molecular complexity index is 436. The van der Waals surface area contributed by atoms with E-state index >= 15 is 0 Å². The molecule has 0 bridgehead atoms. The summed E-state index contributed by atoms with van der Waals surface area (Å²) in [6.07, 6.45) is 7.40. The summed E-state index contributed by atoms with van der Waals surface area (Å²) in [7, 11) is 0. The van der Waals surface area contributed by atoms with Gasteiger partial charge in [-0.1, -0.05) is 19.3 Å². The highest BCUT2D eigenvalue weighted by Gasteiger charge is 2.30. The second kappa shape index (κ2) is 6.77. The van der Waals surface area contributed by atoms with Gasteiger partial charge in [0.25, 0.3) is 5.91 Å². The largest absolute Gasteiger partial charge is 0.450 e. The molecule has 0 atom stereocenters. The average Bonchev–Trinajstić information content (AvgIpc) is 2.89. The van der Waals surface area contributed by atoms with E-state index in [1.54, 1.807) is 0 Å². The van der Waals surface area contributed by atoms with E-state index < -0.39 is 0 Å². The van der Waals surface area contributed by atoms with Crippen LogP contribution in [-0.2, 0) is 0 Å². The molecule has 2 rings (SSSR count). The summed E-state index contributed by atoms with van der Waals surface area (Å²) in [4.78, 5) is 18.7. The zero-order chi connectivity index (χ0) is 14.5. The topological polar surface area (TPSA) is 55.6 Å². The van der Waals surface area contributed by atoms with Crippen LogP contribution in [0.3, 0.4) is 0 Å². The molecular weight excluding hydrogens is 256 g/mol. The summed E-state index contributed by atoms with van der Waals surface area (Å²) < 4.78 is 10.3. The molecule has 5 nitrogen and oxygen atoms in total. The molecule has 1 aliphatic carbocycles. The first-order valence-corrected chi connectivity index (χ1v) is 7.54. The third-order valence-electron chi connectivity index (χ3n) is 3.73. The summed E-state index contributed by atoms with van der Waals surface area (Å²) in [6.45, 7) is 6.44. The molecule has 0 aliphatic heterocycles. The minimum Gasteiger partial charge on any atom is -0.450 e. The molecule has 0 N–H and O–H groups in total. The molecule has 112 valence electrons. The molecule has 0 unspecified atom stereocenters. The number of carbonyl (C=O) groups is 1. The average molecular weight is 280 g/mol. The van der Waals surface area contributed by atoms with Crippen molar-refractivity contribution in [3.63, 3.8) is 0 Å². The third kappa shape index (κ3) is 3.32. The first-order valence-electron chi connectivity index (χ1n) is 7.54. The Balaban J connectivity index is 2.12. The van der Waals surface area contributed by atoms with Crippen molar-refractivity contribution < 1.29 is 13.9 Å². The van der Waals surface area contributed by atoms with E-state index in [4.69, 9.17) is 9.15 Å². The van der Waals surface area contributed by atoms with Gasteiger partial charge in [0, 0.05) is 12.1 Å². The van der Waals surface area contributed by atoms with Crippen LogP contribution in [0.4, 0.5) is 0 Å². The van der Waals surface area contributed by atoms with Crippen LogP contribution in [0.1, 0.15) is 63.4 Å².